The first-order valence-corrected chi connectivity index (χ1v) is 12.8. The lowest BCUT2D eigenvalue weighted by molar-refractivity contribution is 0.0944. The third kappa shape index (κ3) is 6.09. The maximum Gasteiger partial charge on any atom is 0.270 e. The third-order valence-electron chi connectivity index (χ3n) is 6.70. The number of para-hydroxylation sites is 1. The fraction of sp³-hybridized carbons (Fsp3) is 0.321. The van der Waals surface area contributed by atoms with Crippen LogP contribution in [-0.4, -0.2) is 76.6 Å². The second kappa shape index (κ2) is 11.6. The van der Waals surface area contributed by atoms with Crippen molar-refractivity contribution >= 4 is 28.6 Å². The van der Waals surface area contributed by atoms with E-state index in [2.05, 4.69) is 37.4 Å². The summed E-state index contributed by atoms with van der Waals surface area (Å²) in [6, 6.07) is 15.3. The molecular formula is C28H32FN7O2. The lowest BCUT2D eigenvalue weighted by Crippen LogP contribution is -2.45. The fourth-order valence-corrected chi connectivity index (χ4v) is 4.44. The van der Waals surface area contributed by atoms with Gasteiger partial charge in [0.2, 0.25) is 5.95 Å². The molecular weight excluding hydrogens is 485 g/mol. The van der Waals surface area contributed by atoms with Crippen LogP contribution in [0.5, 0.6) is 11.5 Å². The lowest BCUT2D eigenvalue weighted by atomic mass is 10.2. The zero-order valence-electron chi connectivity index (χ0n) is 21.7. The average Bonchev–Trinajstić information content (AvgIpc) is 3.23. The number of benzene rings is 2. The van der Waals surface area contributed by atoms with Gasteiger partial charge in [-0.2, -0.15) is 0 Å². The third-order valence-corrected chi connectivity index (χ3v) is 6.70. The van der Waals surface area contributed by atoms with Crippen molar-refractivity contribution in [2.45, 2.75) is 6.42 Å². The molecule has 0 spiro atoms. The van der Waals surface area contributed by atoms with Crippen LogP contribution in [0.4, 0.5) is 16.0 Å². The van der Waals surface area contributed by atoms with Gasteiger partial charge < -0.3 is 29.7 Å². The molecule has 1 aliphatic rings. The molecule has 0 radical (unpaired) electrons. The number of nitrogens with one attached hydrogen (secondary N) is 2. The maximum absolute atomic E-state index is 14.1. The molecule has 2 N–H and O–H groups in total. The van der Waals surface area contributed by atoms with Gasteiger partial charge in [0.25, 0.3) is 5.91 Å². The van der Waals surface area contributed by atoms with Gasteiger partial charge >= 0.3 is 0 Å². The predicted octanol–water partition coefficient (Wildman–Crippen LogP) is 4.01. The van der Waals surface area contributed by atoms with Gasteiger partial charge in [-0.15, -0.1) is 0 Å². The number of aromatic nitrogens is 3. The SMILES string of the molecule is CN1CCN(CCCNC(=O)c2cc(Oc3ccc4c(c3)nc(Nc3ccccc3F)n4C)ccn2)CC1. The van der Waals surface area contributed by atoms with E-state index in [0.29, 0.717) is 40.9 Å². The molecule has 9 nitrogen and oxygen atoms in total. The molecule has 0 bridgehead atoms. The van der Waals surface area contributed by atoms with E-state index in [-0.39, 0.29) is 11.7 Å². The van der Waals surface area contributed by atoms with Crippen molar-refractivity contribution in [1.82, 2.24) is 29.7 Å². The predicted molar refractivity (Wildman–Crippen MR) is 146 cm³/mol. The maximum atomic E-state index is 14.1. The number of rotatable bonds is 9. The second-order valence-corrected chi connectivity index (χ2v) is 9.48. The summed E-state index contributed by atoms with van der Waals surface area (Å²) in [6.07, 6.45) is 2.45. The first-order valence-electron chi connectivity index (χ1n) is 12.8. The van der Waals surface area contributed by atoms with E-state index < -0.39 is 0 Å². The van der Waals surface area contributed by atoms with Gasteiger partial charge in [-0.1, -0.05) is 12.1 Å². The van der Waals surface area contributed by atoms with E-state index in [0.717, 1.165) is 44.7 Å². The largest absolute Gasteiger partial charge is 0.457 e. The van der Waals surface area contributed by atoms with Crippen LogP contribution in [-0.2, 0) is 7.05 Å². The number of pyridine rings is 1. The summed E-state index contributed by atoms with van der Waals surface area (Å²) < 4.78 is 21.9. The van der Waals surface area contributed by atoms with Crippen LogP contribution in [0.15, 0.2) is 60.8 Å². The Hall–Kier alpha value is -4.02. The molecule has 2 aromatic heterocycles. The summed E-state index contributed by atoms with van der Waals surface area (Å²) in [6.45, 7) is 5.87. The molecule has 0 unspecified atom stereocenters. The van der Waals surface area contributed by atoms with Crippen LogP contribution in [0.3, 0.4) is 0 Å². The highest BCUT2D eigenvalue weighted by Crippen LogP contribution is 2.28. The molecule has 5 rings (SSSR count). The Kier molecular flexibility index (Phi) is 7.81. The van der Waals surface area contributed by atoms with Crippen LogP contribution in [0.2, 0.25) is 0 Å². The number of ether oxygens (including phenoxy) is 1. The summed E-state index contributed by atoms with van der Waals surface area (Å²) in [5.74, 6) is 1.01. The Morgan fingerprint density at radius 3 is 2.63 bits per heavy atom. The Morgan fingerprint density at radius 1 is 1.03 bits per heavy atom. The van der Waals surface area contributed by atoms with Gasteiger partial charge in [-0.25, -0.2) is 9.37 Å². The van der Waals surface area contributed by atoms with Crippen LogP contribution in [0.25, 0.3) is 11.0 Å². The number of halogens is 1. The van der Waals surface area contributed by atoms with Crippen LogP contribution >= 0.6 is 0 Å². The number of fused-ring (bicyclic) bond motifs is 1. The standard InChI is InChI=1S/C28H32FN7O2/c1-34-14-16-36(17-15-34)13-5-11-31-27(37)25-19-21(10-12-30-25)38-20-8-9-26-24(18-20)33-28(35(26)2)32-23-7-4-3-6-22(23)29/h3-4,6-10,12,18-19H,5,11,13-17H2,1-2H3,(H,31,37)(H,32,33). The number of amides is 1. The van der Waals surface area contributed by atoms with Crippen LogP contribution in [0.1, 0.15) is 16.9 Å². The second-order valence-electron chi connectivity index (χ2n) is 9.48. The smallest absolute Gasteiger partial charge is 0.270 e. The molecule has 2 aromatic carbocycles. The quantitative estimate of drug-likeness (QED) is 0.325. The number of aryl methyl sites for hydroxylation is 1. The summed E-state index contributed by atoms with van der Waals surface area (Å²) >= 11 is 0. The van der Waals surface area contributed by atoms with Gasteiger partial charge in [0, 0.05) is 58.1 Å². The number of imidazole rings is 1. The highest BCUT2D eigenvalue weighted by molar-refractivity contribution is 5.92. The minimum Gasteiger partial charge on any atom is -0.457 e. The van der Waals surface area contributed by atoms with E-state index in [1.54, 1.807) is 42.6 Å². The topological polar surface area (TPSA) is 87.5 Å². The molecule has 0 atom stereocenters. The van der Waals surface area contributed by atoms with Crippen LogP contribution in [0, 0.1) is 5.82 Å². The Morgan fingerprint density at radius 2 is 1.82 bits per heavy atom. The molecule has 4 aromatic rings. The van der Waals surface area contributed by atoms with Crippen molar-refractivity contribution in [1.29, 1.82) is 0 Å². The lowest BCUT2D eigenvalue weighted by Gasteiger charge is -2.32. The number of carbonyl (C=O) groups excluding carboxylic acids is 1. The van der Waals surface area contributed by atoms with Crippen molar-refractivity contribution < 1.29 is 13.9 Å². The monoisotopic (exact) mass is 517 g/mol. The molecule has 1 aliphatic heterocycles. The first-order chi connectivity index (χ1) is 18.5. The van der Waals surface area contributed by atoms with Crippen molar-refractivity contribution in [3.8, 4) is 11.5 Å². The number of anilines is 2. The van der Waals surface area contributed by atoms with E-state index in [4.69, 9.17) is 4.74 Å². The van der Waals surface area contributed by atoms with Crippen molar-refractivity contribution in [2.75, 3.05) is 51.6 Å². The summed E-state index contributed by atoms with van der Waals surface area (Å²) in [7, 11) is 4.00. The summed E-state index contributed by atoms with van der Waals surface area (Å²) in [4.78, 5) is 26.2. The number of piperazine rings is 1. The van der Waals surface area contributed by atoms with Gasteiger partial charge in [-0.05, 0) is 50.3 Å². The zero-order valence-corrected chi connectivity index (χ0v) is 21.7. The van der Waals surface area contributed by atoms with Gasteiger partial charge in [0.15, 0.2) is 0 Å². The van der Waals surface area contributed by atoms with E-state index >= 15 is 0 Å². The zero-order chi connectivity index (χ0) is 26.5. The normalized spacial score (nSPS) is 14.5. The summed E-state index contributed by atoms with van der Waals surface area (Å²) in [5, 5.41) is 5.99. The molecule has 0 aliphatic carbocycles. The van der Waals surface area contributed by atoms with E-state index in [1.807, 2.05) is 23.7 Å². The Bertz CT molecular complexity index is 1420. The van der Waals surface area contributed by atoms with Crippen molar-refractivity contribution in [3.05, 3.63) is 72.3 Å². The molecule has 198 valence electrons. The molecule has 10 heteroatoms. The van der Waals surface area contributed by atoms with Crippen LogP contribution < -0.4 is 15.4 Å². The number of carbonyl (C=O) groups is 1. The Labute approximate surface area is 221 Å². The fourth-order valence-electron chi connectivity index (χ4n) is 4.44. The molecule has 0 saturated carbocycles. The van der Waals surface area contributed by atoms with E-state index in [9.17, 15) is 9.18 Å². The average molecular weight is 518 g/mol. The molecule has 3 heterocycles. The molecule has 1 saturated heterocycles. The number of hydrogen-bond donors (Lipinski definition) is 2. The minimum absolute atomic E-state index is 0.224. The highest BCUT2D eigenvalue weighted by Gasteiger charge is 2.15. The van der Waals surface area contributed by atoms with Gasteiger partial charge in [0.05, 0.1) is 16.7 Å². The van der Waals surface area contributed by atoms with E-state index in [1.165, 1.54) is 6.07 Å². The highest BCUT2D eigenvalue weighted by atomic mass is 19.1. The number of nitrogens with zero attached hydrogens (tertiary/aromatic N) is 5. The first kappa shape index (κ1) is 25.6. The minimum atomic E-state index is -0.351. The van der Waals surface area contributed by atoms with Gasteiger partial charge in [-0.3, -0.25) is 9.78 Å². The number of hydrogen-bond acceptors (Lipinski definition) is 7. The van der Waals surface area contributed by atoms with Gasteiger partial charge in [0.1, 0.15) is 23.0 Å². The number of likely N-dealkylation sites (N-methyl/N-ethyl adjacent to an activating group) is 1. The molecule has 38 heavy (non-hydrogen) atoms. The summed E-state index contributed by atoms with van der Waals surface area (Å²) in [5.41, 5.74) is 2.21. The molecule has 1 amide bonds. The van der Waals surface area contributed by atoms with Crippen molar-refractivity contribution in [3.63, 3.8) is 0 Å². The Balaban J connectivity index is 1.19. The van der Waals surface area contributed by atoms with Crippen molar-refractivity contribution in [2.24, 2.45) is 7.05 Å². The molecule has 1 fully saturated rings.